The Kier molecular flexibility index (Phi) is 4.17. The van der Waals surface area contributed by atoms with Crippen LogP contribution in [0.1, 0.15) is 58.3 Å². The fourth-order valence-corrected chi connectivity index (χ4v) is 4.92. The molecule has 3 aliphatic rings. The lowest BCUT2D eigenvalue weighted by Gasteiger charge is -2.29. The first kappa shape index (κ1) is 12.8. The van der Waals surface area contributed by atoms with Crippen LogP contribution in [0.25, 0.3) is 0 Å². The van der Waals surface area contributed by atoms with Gasteiger partial charge in [-0.1, -0.05) is 44.4 Å². The van der Waals surface area contributed by atoms with Gasteiger partial charge in [0, 0.05) is 11.8 Å². The van der Waals surface area contributed by atoms with Crippen LogP contribution in [0.4, 0.5) is 0 Å². The number of nitrogens with one attached hydrogen (secondary N) is 1. The number of nitrogens with zero attached hydrogens (tertiary/aromatic N) is 1. The summed E-state index contributed by atoms with van der Waals surface area (Å²) in [7, 11) is 0. The van der Waals surface area contributed by atoms with Crippen molar-refractivity contribution in [3.8, 4) is 0 Å². The number of rotatable bonds is 1. The summed E-state index contributed by atoms with van der Waals surface area (Å²) in [6, 6.07) is 1.33. The Morgan fingerprint density at radius 3 is 2.89 bits per heavy atom. The van der Waals surface area contributed by atoms with Gasteiger partial charge in [-0.05, 0) is 37.5 Å². The van der Waals surface area contributed by atoms with Crippen LogP contribution in [0.3, 0.4) is 0 Å². The van der Waals surface area contributed by atoms with Crippen LogP contribution in [0, 0.1) is 11.8 Å². The van der Waals surface area contributed by atoms with Gasteiger partial charge in [0.1, 0.15) is 0 Å². The third-order valence-corrected chi connectivity index (χ3v) is 6.09. The van der Waals surface area contributed by atoms with Gasteiger partial charge in [0.25, 0.3) is 0 Å². The maximum Gasteiger partial charge on any atom is 0.157 e. The smallest absolute Gasteiger partial charge is 0.157 e. The Morgan fingerprint density at radius 2 is 1.94 bits per heavy atom. The van der Waals surface area contributed by atoms with Gasteiger partial charge in [-0.15, -0.1) is 0 Å². The molecule has 3 heteroatoms. The lowest BCUT2D eigenvalue weighted by atomic mass is 9.98. The fraction of sp³-hybridized carbons (Fsp3) is 0.933. The molecule has 3 fully saturated rings. The predicted molar refractivity (Wildman–Crippen MR) is 80.2 cm³/mol. The summed E-state index contributed by atoms with van der Waals surface area (Å²) < 4.78 is 0. The normalized spacial score (nSPS) is 43.3. The summed E-state index contributed by atoms with van der Waals surface area (Å²) in [5.41, 5.74) is 0. The maximum absolute atomic E-state index is 5.06. The van der Waals surface area contributed by atoms with Gasteiger partial charge in [0.05, 0.1) is 6.04 Å². The first-order valence-electron chi connectivity index (χ1n) is 7.80. The second-order valence-electron chi connectivity index (χ2n) is 6.37. The van der Waals surface area contributed by atoms with Crippen molar-refractivity contribution in [3.05, 3.63) is 0 Å². The molecule has 2 nitrogen and oxygen atoms in total. The monoisotopic (exact) mass is 266 g/mol. The second kappa shape index (κ2) is 5.85. The van der Waals surface area contributed by atoms with Crippen molar-refractivity contribution in [2.75, 3.05) is 5.75 Å². The van der Waals surface area contributed by atoms with Crippen molar-refractivity contribution >= 4 is 16.9 Å². The maximum atomic E-state index is 5.06. The molecule has 1 heterocycles. The number of amidine groups is 1. The number of hydrogen-bond acceptors (Lipinski definition) is 2. The molecule has 4 unspecified atom stereocenters. The SMILES string of the molecule is CC1CCCCCC1N=C1NC2CCCC2CS1. The highest BCUT2D eigenvalue weighted by molar-refractivity contribution is 8.13. The van der Waals surface area contributed by atoms with E-state index in [-0.39, 0.29) is 0 Å². The summed E-state index contributed by atoms with van der Waals surface area (Å²) >= 11 is 1.98. The van der Waals surface area contributed by atoms with E-state index >= 15 is 0 Å². The van der Waals surface area contributed by atoms with Crippen LogP contribution >= 0.6 is 11.8 Å². The molecule has 0 aromatic carbocycles. The third kappa shape index (κ3) is 2.87. The average Bonchev–Trinajstić information content (AvgIpc) is 2.75. The number of thioether (sulfide) groups is 1. The van der Waals surface area contributed by atoms with Crippen molar-refractivity contribution in [3.63, 3.8) is 0 Å². The Morgan fingerprint density at radius 1 is 1.06 bits per heavy atom. The summed E-state index contributed by atoms with van der Waals surface area (Å²) in [6.07, 6.45) is 11.1. The Hall–Kier alpha value is -0.180. The highest BCUT2D eigenvalue weighted by Crippen LogP contribution is 2.34. The van der Waals surface area contributed by atoms with E-state index in [0.29, 0.717) is 6.04 Å². The highest BCUT2D eigenvalue weighted by Gasteiger charge is 2.32. The molecular weight excluding hydrogens is 240 g/mol. The quantitative estimate of drug-likeness (QED) is 0.730. The van der Waals surface area contributed by atoms with Crippen molar-refractivity contribution in [1.82, 2.24) is 5.32 Å². The molecule has 0 bridgehead atoms. The third-order valence-electron chi connectivity index (χ3n) is 5.00. The minimum Gasteiger partial charge on any atom is -0.362 e. The largest absolute Gasteiger partial charge is 0.362 e. The average molecular weight is 266 g/mol. The molecule has 2 saturated carbocycles. The van der Waals surface area contributed by atoms with E-state index in [1.807, 2.05) is 11.8 Å². The molecule has 1 N–H and O–H groups in total. The number of fused-ring (bicyclic) bond motifs is 1. The van der Waals surface area contributed by atoms with Crippen LogP contribution < -0.4 is 5.32 Å². The van der Waals surface area contributed by atoms with Gasteiger partial charge in [-0.2, -0.15) is 0 Å². The van der Waals surface area contributed by atoms with Crippen LogP contribution in [0.2, 0.25) is 0 Å². The molecule has 2 aliphatic carbocycles. The molecule has 18 heavy (non-hydrogen) atoms. The molecule has 1 aliphatic heterocycles. The van der Waals surface area contributed by atoms with Crippen molar-refractivity contribution in [1.29, 1.82) is 0 Å². The van der Waals surface area contributed by atoms with Crippen LogP contribution in [0.15, 0.2) is 4.99 Å². The van der Waals surface area contributed by atoms with Crippen LogP contribution in [0.5, 0.6) is 0 Å². The molecule has 4 atom stereocenters. The van der Waals surface area contributed by atoms with Gasteiger partial charge >= 0.3 is 0 Å². The van der Waals surface area contributed by atoms with Gasteiger partial charge in [-0.3, -0.25) is 4.99 Å². The molecule has 1 saturated heterocycles. The molecule has 0 spiro atoms. The minimum atomic E-state index is 0.584. The van der Waals surface area contributed by atoms with Crippen molar-refractivity contribution < 1.29 is 0 Å². The van der Waals surface area contributed by atoms with Crippen molar-refractivity contribution in [2.24, 2.45) is 16.8 Å². The summed E-state index contributed by atoms with van der Waals surface area (Å²) in [4.78, 5) is 5.06. The fourth-order valence-electron chi connectivity index (χ4n) is 3.70. The highest BCUT2D eigenvalue weighted by atomic mass is 32.2. The summed E-state index contributed by atoms with van der Waals surface area (Å²) in [5, 5.41) is 4.98. The van der Waals surface area contributed by atoms with E-state index in [1.54, 1.807) is 0 Å². The van der Waals surface area contributed by atoms with E-state index in [9.17, 15) is 0 Å². The molecule has 0 aromatic heterocycles. The molecule has 102 valence electrons. The van der Waals surface area contributed by atoms with E-state index < -0.39 is 0 Å². The predicted octanol–water partition coefficient (Wildman–Crippen LogP) is 3.82. The van der Waals surface area contributed by atoms with Gasteiger partial charge < -0.3 is 5.32 Å². The zero-order valence-electron chi connectivity index (χ0n) is 11.5. The first-order chi connectivity index (χ1) is 8.83. The zero-order valence-corrected chi connectivity index (χ0v) is 12.3. The molecular formula is C15H26N2S. The van der Waals surface area contributed by atoms with Gasteiger partial charge in [-0.25, -0.2) is 0 Å². The van der Waals surface area contributed by atoms with E-state index in [0.717, 1.165) is 17.9 Å². The van der Waals surface area contributed by atoms with Crippen molar-refractivity contribution in [2.45, 2.75) is 70.4 Å². The Balaban J connectivity index is 1.64. The standard InChI is InChI=1S/C15H26N2S/c1-11-6-3-2-4-8-13(11)16-15-17-14-9-5-7-12(14)10-18-15/h11-14H,2-10H2,1H3,(H,16,17). The van der Waals surface area contributed by atoms with E-state index in [2.05, 4.69) is 12.2 Å². The first-order valence-corrected chi connectivity index (χ1v) is 8.78. The summed E-state index contributed by atoms with van der Waals surface area (Å²) in [6.45, 7) is 2.39. The van der Waals surface area contributed by atoms with Crippen LogP contribution in [-0.2, 0) is 0 Å². The molecule has 0 radical (unpaired) electrons. The lowest BCUT2D eigenvalue weighted by Crippen LogP contribution is -2.42. The molecule has 0 aromatic rings. The summed E-state index contributed by atoms with van der Waals surface area (Å²) in [5.74, 6) is 3.00. The minimum absolute atomic E-state index is 0.584. The topological polar surface area (TPSA) is 24.4 Å². The second-order valence-corrected chi connectivity index (χ2v) is 7.38. The molecule has 3 rings (SSSR count). The van der Waals surface area contributed by atoms with E-state index in [1.165, 1.54) is 62.3 Å². The van der Waals surface area contributed by atoms with E-state index in [4.69, 9.17) is 4.99 Å². The Bertz CT molecular complexity index is 316. The molecule has 0 amide bonds. The van der Waals surface area contributed by atoms with Gasteiger partial charge in [0.15, 0.2) is 5.17 Å². The van der Waals surface area contributed by atoms with Crippen LogP contribution in [-0.4, -0.2) is 23.0 Å². The number of aliphatic imine (C=N–C) groups is 1. The lowest BCUT2D eigenvalue weighted by molar-refractivity contribution is 0.430. The van der Waals surface area contributed by atoms with Gasteiger partial charge in [0.2, 0.25) is 0 Å². The number of hydrogen-bond donors (Lipinski definition) is 1. The zero-order chi connectivity index (χ0) is 12.4. The Labute approximate surface area is 115 Å².